The summed E-state index contributed by atoms with van der Waals surface area (Å²) in [6.07, 6.45) is 3.46. The molecule has 11 nitrogen and oxygen atoms in total. The zero-order valence-corrected chi connectivity index (χ0v) is 30.8. The molecule has 12 heteroatoms. The molecular formula is C37H58N4O7S. The quantitative estimate of drug-likeness (QED) is 0.146. The van der Waals surface area contributed by atoms with Gasteiger partial charge in [0.15, 0.2) is 0 Å². The second-order valence-electron chi connectivity index (χ2n) is 14.2. The number of hydrogen-bond donors (Lipinski definition) is 8. The van der Waals surface area contributed by atoms with Crippen LogP contribution in [0.1, 0.15) is 72.6 Å². The number of carboxylic acids is 1. The zero-order valence-electron chi connectivity index (χ0n) is 29.9. The Bertz CT molecular complexity index is 1380. The minimum absolute atomic E-state index is 0.134. The maximum absolute atomic E-state index is 12.5. The summed E-state index contributed by atoms with van der Waals surface area (Å²) in [6.45, 7) is 7.65. The van der Waals surface area contributed by atoms with Crippen molar-refractivity contribution in [2.24, 2.45) is 0 Å². The lowest BCUT2D eigenvalue weighted by molar-refractivity contribution is -0.139. The van der Waals surface area contributed by atoms with Gasteiger partial charge in [0.25, 0.3) is 0 Å². The maximum Gasteiger partial charge on any atom is 0.320 e. The minimum atomic E-state index is -1.12. The summed E-state index contributed by atoms with van der Waals surface area (Å²) >= 11 is 0. The van der Waals surface area contributed by atoms with Gasteiger partial charge in [-0.25, -0.2) is 10.9 Å². The third kappa shape index (κ3) is 12.4. The second-order valence-corrected chi connectivity index (χ2v) is 16.6. The smallest absolute Gasteiger partial charge is 0.320 e. The van der Waals surface area contributed by atoms with Crippen molar-refractivity contribution in [3.63, 3.8) is 0 Å². The summed E-state index contributed by atoms with van der Waals surface area (Å²) in [5.74, 6) is -0.520. The number of nitrogens with zero attached hydrogens (tertiary/aromatic N) is 1. The normalized spacial score (nSPS) is 24.5. The van der Waals surface area contributed by atoms with Gasteiger partial charge in [0.1, 0.15) is 17.7 Å². The topological polar surface area (TPSA) is 171 Å². The lowest BCUT2D eigenvalue weighted by Gasteiger charge is -2.42. The molecule has 0 radical (unpaired) electrons. The molecule has 0 aromatic heterocycles. The molecule has 2 saturated heterocycles. The molecule has 1 unspecified atom stereocenters. The van der Waals surface area contributed by atoms with E-state index in [1.807, 2.05) is 25.1 Å². The highest BCUT2D eigenvalue weighted by atomic mass is 32.2. The van der Waals surface area contributed by atoms with Crippen molar-refractivity contribution in [3.05, 3.63) is 70.3 Å². The van der Waals surface area contributed by atoms with Crippen molar-refractivity contribution in [3.8, 4) is 0 Å². The average molecular weight is 703 g/mol. The van der Waals surface area contributed by atoms with Crippen LogP contribution >= 0.6 is 10.9 Å². The van der Waals surface area contributed by atoms with Gasteiger partial charge in [-0.2, -0.15) is 0 Å². The number of hydrogen-bond acceptors (Lipinski definition) is 8. The number of carbonyl (C=O) groups excluding carboxylic acids is 2. The summed E-state index contributed by atoms with van der Waals surface area (Å²) in [6, 6.07) is 14.4. The largest absolute Gasteiger partial charge is 0.480 e. The first-order chi connectivity index (χ1) is 23.1. The van der Waals surface area contributed by atoms with E-state index in [0.717, 1.165) is 49.9 Å². The predicted molar refractivity (Wildman–Crippen MR) is 196 cm³/mol. The molecule has 2 aromatic carbocycles. The van der Waals surface area contributed by atoms with Crippen molar-refractivity contribution in [2.75, 3.05) is 45.7 Å². The van der Waals surface area contributed by atoms with Gasteiger partial charge in [-0.15, -0.1) is 0 Å². The standard InChI is InChI=1S/C32H49N3O5S.C5H9NO2/c1-21-10-15-24(30-29(39)28(38)26(36)20-41(30)6)19-25(21)18-23-13-11-22(12-14-23)8-7-9-27(37)34-32(2,3)31(40)33-16-17-35(4)5;7-5(8)4-2-1-3-6-4/h10-15,19,26,28-30,36,38-39,41H,7-9,16-18,20H2,1-6H3,(H,33,40)(H,34,37);4,6H,1-3H2,(H,7,8)/t26-,28-,29-,30+;4-/m10/s1. The van der Waals surface area contributed by atoms with Crippen LogP contribution < -0.4 is 16.0 Å². The number of amides is 2. The second kappa shape index (κ2) is 18.8. The Morgan fingerprint density at radius 2 is 1.69 bits per heavy atom. The number of carbonyl (C=O) groups is 3. The van der Waals surface area contributed by atoms with E-state index in [1.165, 1.54) is 16.7 Å². The van der Waals surface area contributed by atoms with Crippen LogP contribution in [0.2, 0.25) is 0 Å². The summed E-state index contributed by atoms with van der Waals surface area (Å²) in [4.78, 5) is 37.1. The summed E-state index contributed by atoms with van der Waals surface area (Å²) in [5, 5.41) is 47.8. The molecule has 49 heavy (non-hydrogen) atoms. The molecule has 2 aliphatic rings. The molecule has 0 saturated carbocycles. The fraction of sp³-hybridized carbons (Fsp3) is 0.595. The number of aliphatic carboxylic acids is 1. The minimum Gasteiger partial charge on any atom is -0.480 e. The van der Waals surface area contributed by atoms with Crippen molar-refractivity contribution in [1.29, 1.82) is 0 Å². The molecule has 2 heterocycles. The average Bonchev–Trinajstić information content (AvgIpc) is 3.58. The van der Waals surface area contributed by atoms with E-state index in [0.29, 0.717) is 25.1 Å². The number of benzene rings is 2. The summed E-state index contributed by atoms with van der Waals surface area (Å²) in [5.41, 5.74) is 4.73. The molecular weight excluding hydrogens is 644 g/mol. The molecule has 4 rings (SSSR count). The number of aliphatic hydroxyl groups excluding tert-OH is 3. The van der Waals surface area contributed by atoms with Gasteiger partial charge in [0.2, 0.25) is 11.8 Å². The number of thiol groups is 1. The van der Waals surface area contributed by atoms with Crippen molar-refractivity contribution >= 4 is 28.7 Å². The van der Waals surface area contributed by atoms with Crippen LogP contribution in [0.15, 0.2) is 42.5 Å². The first-order valence-corrected chi connectivity index (χ1v) is 19.2. The van der Waals surface area contributed by atoms with E-state index in [2.05, 4.69) is 65.5 Å². The Kier molecular flexibility index (Phi) is 15.5. The van der Waals surface area contributed by atoms with Gasteiger partial charge in [-0.1, -0.05) is 42.5 Å². The molecule has 0 aliphatic carbocycles. The number of rotatable bonds is 13. The highest BCUT2D eigenvalue weighted by Crippen LogP contribution is 2.48. The third-order valence-electron chi connectivity index (χ3n) is 9.24. The predicted octanol–water partition coefficient (Wildman–Crippen LogP) is 2.07. The molecule has 0 spiro atoms. The van der Waals surface area contributed by atoms with Gasteiger partial charge >= 0.3 is 5.97 Å². The van der Waals surface area contributed by atoms with Crippen LogP contribution in [0.4, 0.5) is 0 Å². The van der Waals surface area contributed by atoms with Gasteiger partial charge in [0.05, 0.1) is 12.2 Å². The zero-order chi connectivity index (χ0) is 36.3. The summed E-state index contributed by atoms with van der Waals surface area (Å²) < 4.78 is 0. The number of carboxylic acid groups (broad SMARTS) is 1. The Labute approximate surface area is 294 Å². The highest BCUT2D eigenvalue weighted by molar-refractivity contribution is 8.16. The summed E-state index contributed by atoms with van der Waals surface area (Å²) in [7, 11) is 3.23. The SMILES string of the molecule is Cc1ccc([C@H]2[C@H](O)[C@H](O)[C@H](O)C[SH]2C)cc1Cc1ccc(CCCC(=O)NC(C)(C)C(=O)NCCN(C)C)cc1.O=C(O)[C@@H]1CCCN1. The fourth-order valence-electron chi connectivity index (χ4n) is 6.18. The molecule has 2 amide bonds. The van der Waals surface area contributed by atoms with Crippen LogP contribution in [0.3, 0.4) is 0 Å². The van der Waals surface area contributed by atoms with Crippen LogP contribution in [0.25, 0.3) is 0 Å². The Morgan fingerprint density at radius 3 is 2.29 bits per heavy atom. The Balaban J connectivity index is 0.000000710. The van der Waals surface area contributed by atoms with Crippen LogP contribution in [-0.4, -0.2) is 119 Å². The van der Waals surface area contributed by atoms with E-state index < -0.39 is 40.7 Å². The van der Waals surface area contributed by atoms with Gasteiger partial charge in [-0.05, 0) is 108 Å². The monoisotopic (exact) mass is 702 g/mol. The van der Waals surface area contributed by atoms with Crippen molar-refractivity contribution in [2.45, 2.75) is 94.4 Å². The van der Waals surface area contributed by atoms with Crippen LogP contribution in [0, 0.1) is 6.92 Å². The van der Waals surface area contributed by atoms with Crippen LogP contribution in [0.5, 0.6) is 0 Å². The molecule has 0 bridgehead atoms. The third-order valence-corrected chi connectivity index (χ3v) is 11.7. The maximum atomic E-state index is 12.5. The molecule has 6 atom stereocenters. The van der Waals surface area contributed by atoms with Gasteiger partial charge in [-0.3, -0.25) is 14.4 Å². The van der Waals surface area contributed by atoms with E-state index in [1.54, 1.807) is 13.8 Å². The lowest BCUT2D eigenvalue weighted by atomic mass is 9.93. The lowest BCUT2D eigenvalue weighted by Crippen LogP contribution is -2.55. The molecule has 7 N–H and O–H groups in total. The van der Waals surface area contributed by atoms with E-state index in [-0.39, 0.29) is 23.1 Å². The number of nitrogens with one attached hydrogen (secondary N) is 3. The number of aliphatic hydroxyl groups is 3. The van der Waals surface area contributed by atoms with E-state index in [4.69, 9.17) is 5.11 Å². The van der Waals surface area contributed by atoms with Crippen molar-refractivity contribution < 1.29 is 34.8 Å². The molecule has 2 aromatic rings. The van der Waals surface area contributed by atoms with E-state index >= 15 is 0 Å². The first-order valence-electron chi connectivity index (χ1n) is 17.2. The highest BCUT2D eigenvalue weighted by Gasteiger charge is 2.40. The van der Waals surface area contributed by atoms with Crippen molar-refractivity contribution in [1.82, 2.24) is 20.9 Å². The van der Waals surface area contributed by atoms with Crippen LogP contribution in [-0.2, 0) is 27.2 Å². The van der Waals surface area contributed by atoms with Gasteiger partial charge < -0.3 is 41.3 Å². The molecule has 2 aliphatic heterocycles. The Morgan fingerprint density at radius 1 is 1.02 bits per heavy atom. The van der Waals surface area contributed by atoms with E-state index in [9.17, 15) is 29.7 Å². The number of aryl methyl sites for hydroxylation is 2. The molecule has 274 valence electrons. The number of likely N-dealkylation sites (N-methyl/N-ethyl adjacent to an activating group) is 1. The molecule has 2 fully saturated rings. The van der Waals surface area contributed by atoms with Gasteiger partial charge in [0, 0.05) is 30.5 Å². The first kappa shape index (κ1) is 40.4. The fourth-order valence-corrected chi connectivity index (χ4v) is 8.58. The Hall–Kier alpha value is -3.00.